The summed E-state index contributed by atoms with van der Waals surface area (Å²) in [7, 11) is -3.82. The average Bonchev–Trinajstić information content (AvgIpc) is 2.95. The Bertz CT molecular complexity index is 1260. The molecule has 0 aliphatic rings. The molecule has 0 aliphatic heterocycles. The molecule has 0 bridgehead atoms. The minimum Gasteiger partial charge on any atom is -0.349 e. The van der Waals surface area contributed by atoms with Gasteiger partial charge in [0.2, 0.25) is 15.9 Å². The summed E-state index contributed by atoms with van der Waals surface area (Å²) in [6, 6.07) is 10.9. The first-order valence-electron chi connectivity index (χ1n) is 9.40. The fourth-order valence-corrected chi connectivity index (χ4v) is 4.37. The van der Waals surface area contributed by atoms with Crippen LogP contribution in [0, 0.1) is 13.8 Å². The summed E-state index contributed by atoms with van der Waals surface area (Å²) in [5.41, 5.74) is 3.60. The molecule has 164 valence electrons. The molecule has 0 fully saturated rings. The van der Waals surface area contributed by atoms with Gasteiger partial charge in [0, 0.05) is 16.3 Å². The molecule has 1 aromatic heterocycles. The molecule has 1 amide bonds. The lowest BCUT2D eigenvalue weighted by Crippen LogP contribution is -2.28. The normalized spacial score (nSPS) is 12.6. The number of nitrogens with zero attached hydrogens (tertiary/aromatic N) is 2. The van der Waals surface area contributed by atoms with Gasteiger partial charge in [0.25, 0.3) is 0 Å². The van der Waals surface area contributed by atoms with Crippen molar-refractivity contribution in [3.05, 3.63) is 75.0 Å². The van der Waals surface area contributed by atoms with Gasteiger partial charge in [-0.15, -0.1) is 0 Å². The molecule has 1 heterocycles. The van der Waals surface area contributed by atoms with Crippen LogP contribution in [0.15, 0.2) is 47.4 Å². The minimum atomic E-state index is -3.82. The van der Waals surface area contributed by atoms with E-state index in [1.807, 2.05) is 13.8 Å². The van der Waals surface area contributed by atoms with Crippen molar-refractivity contribution in [3.63, 3.8) is 0 Å². The number of hydrogen-bond donors (Lipinski definition) is 2. The number of benzene rings is 2. The zero-order chi connectivity index (χ0) is 22.9. The molecule has 1 atom stereocenters. The molecule has 31 heavy (non-hydrogen) atoms. The lowest BCUT2D eigenvalue weighted by atomic mass is 10.1. The number of carbonyl (C=O) groups excluding carboxylic acids is 1. The summed E-state index contributed by atoms with van der Waals surface area (Å²) in [5.74, 6) is -0.221. The molecule has 0 radical (unpaired) electrons. The Kier molecular flexibility index (Phi) is 6.76. The van der Waals surface area contributed by atoms with Crippen LogP contribution in [0.4, 0.5) is 0 Å². The largest absolute Gasteiger partial charge is 0.349 e. The van der Waals surface area contributed by atoms with E-state index < -0.39 is 16.1 Å². The molecule has 1 unspecified atom stereocenters. The quantitative estimate of drug-likeness (QED) is 0.558. The van der Waals surface area contributed by atoms with E-state index in [0.717, 1.165) is 11.3 Å². The second kappa shape index (κ2) is 9.00. The zero-order valence-corrected chi connectivity index (χ0v) is 19.5. The van der Waals surface area contributed by atoms with E-state index in [0.29, 0.717) is 27.0 Å². The van der Waals surface area contributed by atoms with Crippen molar-refractivity contribution >= 4 is 39.1 Å². The van der Waals surface area contributed by atoms with E-state index in [4.69, 9.17) is 28.3 Å². The van der Waals surface area contributed by atoms with Crippen molar-refractivity contribution in [3.8, 4) is 5.69 Å². The Morgan fingerprint density at radius 3 is 2.55 bits per heavy atom. The van der Waals surface area contributed by atoms with Crippen molar-refractivity contribution in [2.75, 3.05) is 0 Å². The van der Waals surface area contributed by atoms with Crippen LogP contribution in [0.25, 0.3) is 5.69 Å². The highest BCUT2D eigenvalue weighted by Gasteiger charge is 2.19. The third-order valence-corrected chi connectivity index (χ3v) is 6.43. The Hall–Kier alpha value is -2.39. The Balaban J connectivity index is 1.79. The number of nitrogens with two attached hydrogens (primary N) is 1. The van der Waals surface area contributed by atoms with Crippen LogP contribution in [-0.4, -0.2) is 24.1 Å². The third-order valence-electron chi connectivity index (χ3n) is 4.98. The molecule has 0 saturated heterocycles. The van der Waals surface area contributed by atoms with E-state index >= 15 is 0 Å². The van der Waals surface area contributed by atoms with Crippen molar-refractivity contribution in [2.45, 2.75) is 38.1 Å². The van der Waals surface area contributed by atoms with Crippen molar-refractivity contribution in [2.24, 2.45) is 5.14 Å². The predicted molar refractivity (Wildman–Crippen MR) is 121 cm³/mol. The summed E-state index contributed by atoms with van der Waals surface area (Å²) in [5, 5.41) is 13.6. The first-order valence-corrected chi connectivity index (χ1v) is 11.7. The maximum Gasteiger partial charge on any atom is 0.238 e. The Morgan fingerprint density at radius 2 is 1.90 bits per heavy atom. The molecular weight excluding hydrogens is 459 g/mol. The van der Waals surface area contributed by atoms with Gasteiger partial charge in [-0.25, -0.2) is 18.2 Å². The first kappa shape index (κ1) is 23.3. The molecule has 0 saturated carbocycles. The SMILES string of the molecule is Cc1nn(-c2ccc(Cl)cc2Cl)c(C)c1CC(=O)NC(C)c1cccc(S(N)(=O)=O)c1. The molecule has 10 heteroatoms. The summed E-state index contributed by atoms with van der Waals surface area (Å²) in [4.78, 5) is 12.7. The molecule has 3 aromatic rings. The van der Waals surface area contributed by atoms with Crippen molar-refractivity contribution < 1.29 is 13.2 Å². The number of aryl methyl sites for hydroxylation is 1. The number of nitrogens with one attached hydrogen (secondary N) is 1. The highest BCUT2D eigenvalue weighted by Crippen LogP contribution is 2.27. The Labute approximate surface area is 191 Å². The van der Waals surface area contributed by atoms with Gasteiger partial charge in [-0.05, 0) is 56.7 Å². The number of halogens is 2. The summed E-state index contributed by atoms with van der Waals surface area (Å²) >= 11 is 12.3. The monoisotopic (exact) mass is 480 g/mol. The van der Waals surface area contributed by atoms with E-state index in [2.05, 4.69) is 10.4 Å². The molecule has 2 aromatic carbocycles. The van der Waals surface area contributed by atoms with Gasteiger partial charge in [0.05, 0.1) is 33.8 Å². The van der Waals surface area contributed by atoms with Gasteiger partial charge in [-0.3, -0.25) is 4.79 Å². The number of hydrogen-bond acceptors (Lipinski definition) is 4. The van der Waals surface area contributed by atoms with Crippen LogP contribution in [0.2, 0.25) is 10.0 Å². The second-order valence-corrected chi connectivity index (χ2v) is 9.65. The van der Waals surface area contributed by atoms with Crippen LogP contribution in [-0.2, 0) is 21.2 Å². The summed E-state index contributed by atoms with van der Waals surface area (Å²) < 4.78 is 24.8. The van der Waals surface area contributed by atoms with Crippen LogP contribution in [0.5, 0.6) is 0 Å². The summed E-state index contributed by atoms with van der Waals surface area (Å²) in [6.07, 6.45) is 0.113. The van der Waals surface area contributed by atoms with Gasteiger partial charge >= 0.3 is 0 Å². The minimum absolute atomic E-state index is 0.00101. The molecule has 3 rings (SSSR count). The van der Waals surface area contributed by atoms with Gasteiger partial charge in [0.15, 0.2) is 0 Å². The molecule has 0 aliphatic carbocycles. The highest BCUT2D eigenvalue weighted by molar-refractivity contribution is 7.89. The van der Waals surface area contributed by atoms with Crippen molar-refractivity contribution in [1.29, 1.82) is 0 Å². The lowest BCUT2D eigenvalue weighted by Gasteiger charge is -2.15. The van der Waals surface area contributed by atoms with E-state index in [1.165, 1.54) is 12.1 Å². The number of rotatable bonds is 6. The number of sulfonamides is 1. The Morgan fingerprint density at radius 1 is 1.19 bits per heavy atom. The maximum absolute atomic E-state index is 12.7. The second-order valence-electron chi connectivity index (χ2n) is 7.24. The molecular formula is C21H22Cl2N4O3S. The molecule has 3 N–H and O–H groups in total. The smallest absolute Gasteiger partial charge is 0.238 e. The number of primary sulfonamides is 1. The van der Waals surface area contributed by atoms with Gasteiger partial charge in [-0.1, -0.05) is 35.3 Å². The summed E-state index contributed by atoms with van der Waals surface area (Å²) in [6.45, 7) is 5.47. The topological polar surface area (TPSA) is 107 Å². The standard InChI is InChI=1S/C21H22Cl2N4O3S/c1-12(15-5-4-6-17(9-15)31(24,29)30)25-21(28)11-18-13(2)26-27(14(18)3)20-8-7-16(22)10-19(20)23/h4-10,12H,11H2,1-3H3,(H,25,28)(H2,24,29,30). The van der Waals surface area contributed by atoms with Gasteiger partial charge in [-0.2, -0.15) is 5.10 Å². The lowest BCUT2D eigenvalue weighted by molar-refractivity contribution is -0.121. The predicted octanol–water partition coefficient (Wildman–Crippen LogP) is 3.86. The number of carbonyl (C=O) groups is 1. The fourth-order valence-electron chi connectivity index (χ4n) is 3.32. The van der Waals surface area contributed by atoms with E-state index in [1.54, 1.807) is 41.9 Å². The average molecular weight is 481 g/mol. The van der Waals surface area contributed by atoms with Crippen LogP contribution in [0.3, 0.4) is 0 Å². The highest BCUT2D eigenvalue weighted by atomic mass is 35.5. The molecule has 7 nitrogen and oxygen atoms in total. The fraction of sp³-hybridized carbons (Fsp3) is 0.238. The number of amides is 1. The van der Waals surface area contributed by atoms with E-state index in [-0.39, 0.29) is 17.2 Å². The third kappa shape index (κ3) is 5.27. The van der Waals surface area contributed by atoms with Gasteiger partial charge < -0.3 is 5.32 Å². The zero-order valence-electron chi connectivity index (χ0n) is 17.2. The van der Waals surface area contributed by atoms with Gasteiger partial charge in [0.1, 0.15) is 0 Å². The van der Waals surface area contributed by atoms with Crippen molar-refractivity contribution in [1.82, 2.24) is 15.1 Å². The van der Waals surface area contributed by atoms with Crippen LogP contribution in [0.1, 0.15) is 35.5 Å². The van der Waals surface area contributed by atoms with Crippen LogP contribution < -0.4 is 10.5 Å². The number of aromatic nitrogens is 2. The van der Waals surface area contributed by atoms with E-state index in [9.17, 15) is 13.2 Å². The first-order chi connectivity index (χ1) is 14.5. The maximum atomic E-state index is 12.7. The molecule has 0 spiro atoms. The van der Waals surface area contributed by atoms with Crippen LogP contribution >= 0.6 is 23.2 Å².